The predicted octanol–water partition coefficient (Wildman–Crippen LogP) is 2.38. The van der Waals surface area contributed by atoms with Gasteiger partial charge in [-0.2, -0.15) is 9.78 Å². The molecule has 0 saturated carbocycles. The lowest BCUT2D eigenvalue weighted by atomic mass is 10.1. The van der Waals surface area contributed by atoms with Crippen molar-refractivity contribution in [3.63, 3.8) is 0 Å². The fourth-order valence-electron chi connectivity index (χ4n) is 3.51. The zero-order chi connectivity index (χ0) is 23.5. The SMILES string of the molecule is COC(=O)c1ccc2c(c1)N(C)C(=O)[C@@H](NC(=O)n1cc(Cc3cccc(F)c3)cn1)CO2. The summed E-state index contributed by atoms with van der Waals surface area (Å²) in [6.07, 6.45) is 3.42. The van der Waals surface area contributed by atoms with E-state index in [-0.39, 0.29) is 18.0 Å². The minimum absolute atomic E-state index is 0.100. The lowest BCUT2D eigenvalue weighted by Crippen LogP contribution is -2.50. The van der Waals surface area contributed by atoms with Crippen LogP contribution in [-0.2, 0) is 16.0 Å². The largest absolute Gasteiger partial charge is 0.489 e. The van der Waals surface area contributed by atoms with E-state index < -0.39 is 23.9 Å². The van der Waals surface area contributed by atoms with Crippen molar-refractivity contribution < 1.29 is 28.2 Å². The average molecular weight is 452 g/mol. The lowest BCUT2D eigenvalue weighted by Gasteiger charge is -2.20. The zero-order valence-corrected chi connectivity index (χ0v) is 17.9. The number of aromatic nitrogens is 2. The molecular weight excluding hydrogens is 431 g/mol. The van der Waals surface area contributed by atoms with Crippen LogP contribution in [0.2, 0.25) is 0 Å². The van der Waals surface area contributed by atoms with E-state index in [1.807, 2.05) is 0 Å². The first-order valence-corrected chi connectivity index (χ1v) is 10.1. The molecule has 0 aliphatic carbocycles. The fraction of sp³-hybridized carbons (Fsp3) is 0.217. The van der Waals surface area contributed by atoms with Gasteiger partial charge in [0.1, 0.15) is 24.2 Å². The molecule has 0 saturated heterocycles. The van der Waals surface area contributed by atoms with Gasteiger partial charge >= 0.3 is 12.0 Å². The van der Waals surface area contributed by atoms with Crippen molar-refractivity contribution in [2.75, 3.05) is 25.7 Å². The number of hydrogen-bond donors (Lipinski definition) is 1. The van der Waals surface area contributed by atoms with E-state index >= 15 is 0 Å². The maximum Gasteiger partial charge on any atom is 0.342 e. The molecule has 0 fully saturated rings. The molecule has 1 N–H and O–H groups in total. The summed E-state index contributed by atoms with van der Waals surface area (Å²) < 4.78 is 24.9. The summed E-state index contributed by atoms with van der Waals surface area (Å²) in [6.45, 7) is -0.100. The normalized spacial score (nSPS) is 15.3. The molecule has 170 valence electrons. The number of carbonyl (C=O) groups is 3. The first-order chi connectivity index (χ1) is 15.9. The Hall–Kier alpha value is -4.21. The Morgan fingerprint density at radius 1 is 1.24 bits per heavy atom. The molecule has 1 aliphatic rings. The summed E-state index contributed by atoms with van der Waals surface area (Å²) in [7, 11) is 2.80. The van der Waals surface area contributed by atoms with Crippen molar-refractivity contribution >= 4 is 23.6 Å². The van der Waals surface area contributed by atoms with E-state index in [1.54, 1.807) is 18.2 Å². The molecule has 1 atom stereocenters. The molecule has 2 aromatic carbocycles. The number of halogens is 1. The number of esters is 1. The standard InChI is InChI=1S/C23H21FN4O5/c1-27-19-10-16(22(30)32-2)6-7-20(19)33-13-18(21(27)29)26-23(31)28-12-15(11-25-28)8-14-4-3-5-17(24)9-14/h3-7,9-12,18H,8,13H2,1-2H3,(H,26,31)/t18-/m0/s1. The highest BCUT2D eigenvalue weighted by Crippen LogP contribution is 2.31. The number of rotatable bonds is 4. The Morgan fingerprint density at radius 3 is 2.82 bits per heavy atom. The highest BCUT2D eigenvalue weighted by molar-refractivity contribution is 6.02. The van der Waals surface area contributed by atoms with E-state index in [4.69, 9.17) is 9.47 Å². The number of ether oxygens (including phenoxy) is 2. The second-order valence-corrected chi connectivity index (χ2v) is 7.48. The number of methoxy groups -OCH3 is 1. The van der Waals surface area contributed by atoms with Gasteiger partial charge in [0.15, 0.2) is 0 Å². The van der Waals surface area contributed by atoms with E-state index in [2.05, 4.69) is 10.4 Å². The number of nitrogens with one attached hydrogen (secondary N) is 1. The van der Waals surface area contributed by atoms with Crippen LogP contribution in [-0.4, -0.2) is 54.5 Å². The predicted molar refractivity (Wildman–Crippen MR) is 116 cm³/mol. The van der Waals surface area contributed by atoms with Crippen molar-refractivity contribution in [2.24, 2.45) is 0 Å². The highest BCUT2D eigenvalue weighted by Gasteiger charge is 2.31. The molecule has 33 heavy (non-hydrogen) atoms. The first kappa shape index (κ1) is 22.0. The van der Waals surface area contributed by atoms with Gasteiger partial charge in [0.05, 0.1) is 24.6 Å². The number of benzene rings is 2. The average Bonchev–Trinajstić information content (AvgIpc) is 3.24. The Morgan fingerprint density at radius 2 is 2.06 bits per heavy atom. The Bertz CT molecular complexity index is 1230. The van der Waals surface area contributed by atoms with Gasteiger partial charge in [-0.15, -0.1) is 0 Å². The number of anilines is 1. The van der Waals surface area contributed by atoms with E-state index in [1.165, 1.54) is 55.7 Å². The molecule has 10 heteroatoms. The maximum absolute atomic E-state index is 13.4. The molecule has 2 heterocycles. The van der Waals surface area contributed by atoms with Gasteiger partial charge in [0.25, 0.3) is 5.91 Å². The number of fused-ring (bicyclic) bond motifs is 1. The first-order valence-electron chi connectivity index (χ1n) is 10.1. The molecule has 9 nitrogen and oxygen atoms in total. The fourth-order valence-corrected chi connectivity index (χ4v) is 3.51. The summed E-state index contributed by atoms with van der Waals surface area (Å²) in [5.41, 5.74) is 2.10. The van der Waals surface area contributed by atoms with Gasteiger partial charge in [-0.3, -0.25) is 4.79 Å². The number of nitrogens with zero attached hydrogens (tertiary/aromatic N) is 3. The molecule has 0 unspecified atom stereocenters. The van der Waals surface area contributed by atoms with Crippen LogP contribution in [0, 0.1) is 5.82 Å². The Balaban J connectivity index is 1.46. The zero-order valence-electron chi connectivity index (χ0n) is 17.9. The monoisotopic (exact) mass is 452 g/mol. The smallest absolute Gasteiger partial charge is 0.342 e. The Kier molecular flexibility index (Phi) is 6.07. The van der Waals surface area contributed by atoms with Gasteiger partial charge < -0.3 is 19.7 Å². The van der Waals surface area contributed by atoms with Crippen LogP contribution in [0.1, 0.15) is 21.5 Å². The van der Waals surface area contributed by atoms with Gasteiger partial charge in [-0.25, -0.2) is 14.0 Å². The van der Waals surface area contributed by atoms with Crippen molar-refractivity contribution in [1.82, 2.24) is 15.1 Å². The molecule has 0 spiro atoms. The third-order valence-electron chi connectivity index (χ3n) is 5.21. The molecule has 0 bridgehead atoms. The van der Waals surface area contributed by atoms with Gasteiger partial charge in [0, 0.05) is 19.7 Å². The van der Waals surface area contributed by atoms with Gasteiger partial charge in [-0.1, -0.05) is 12.1 Å². The summed E-state index contributed by atoms with van der Waals surface area (Å²) in [6, 6.07) is 9.17. The topological polar surface area (TPSA) is 103 Å². The van der Waals surface area contributed by atoms with E-state index in [9.17, 15) is 18.8 Å². The van der Waals surface area contributed by atoms with Crippen LogP contribution in [0.3, 0.4) is 0 Å². The minimum Gasteiger partial charge on any atom is -0.489 e. The van der Waals surface area contributed by atoms with Crippen LogP contribution in [0.25, 0.3) is 0 Å². The second kappa shape index (κ2) is 9.11. The third-order valence-corrected chi connectivity index (χ3v) is 5.21. The van der Waals surface area contributed by atoms with Crippen molar-refractivity contribution in [1.29, 1.82) is 0 Å². The van der Waals surface area contributed by atoms with E-state index in [0.717, 1.165) is 10.2 Å². The van der Waals surface area contributed by atoms with Crippen LogP contribution in [0.15, 0.2) is 54.9 Å². The molecule has 4 rings (SSSR count). The van der Waals surface area contributed by atoms with Crippen LogP contribution in [0.5, 0.6) is 5.75 Å². The van der Waals surface area contributed by atoms with Crippen LogP contribution < -0.4 is 15.0 Å². The molecule has 3 aromatic rings. The minimum atomic E-state index is -0.979. The van der Waals surface area contributed by atoms with Gasteiger partial charge in [0.2, 0.25) is 0 Å². The summed E-state index contributed by atoms with van der Waals surface area (Å²) in [4.78, 5) is 38.8. The third kappa shape index (κ3) is 4.69. The van der Waals surface area contributed by atoms with Crippen LogP contribution >= 0.6 is 0 Å². The molecule has 0 radical (unpaired) electrons. The molecular formula is C23H21FN4O5. The summed E-state index contributed by atoms with van der Waals surface area (Å²) in [5, 5.41) is 6.66. The van der Waals surface area contributed by atoms with Crippen molar-refractivity contribution in [3.8, 4) is 5.75 Å². The number of likely N-dealkylation sites (N-methyl/N-ethyl adjacent to an activating group) is 1. The lowest BCUT2D eigenvalue weighted by molar-refractivity contribution is -0.120. The van der Waals surface area contributed by atoms with Crippen molar-refractivity contribution in [2.45, 2.75) is 12.5 Å². The van der Waals surface area contributed by atoms with Gasteiger partial charge in [-0.05, 0) is 41.5 Å². The number of hydrogen-bond acceptors (Lipinski definition) is 6. The number of amides is 2. The quantitative estimate of drug-likeness (QED) is 0.610. The van der Waals surface area contributed by atoms with Crippen LogP contribution in [0.4, 0.5) is 14.9 Å². The summed E-state index contributed by atoms with van der Waals surface area (Å²) >= 11 is 0. The molecule has 1 aromatic heterocycles. The molecule has 2 amide bonds. The van der Waals surface area contributed by atoms with E-state index in [0.29, 0.717) is 23.4 Å². The van der Waals surface area contributed by atoms with Crippen molar-refractivity contribution in [3.05, 3.63) is 77.4 Å². The Labute approximate surface area is 188 Å². The highest BCUT2D eigenvalue weighted by atomic mass is 19.1. The maximum atomic E-state index is 13.4. The summed E-state index contributed by atoms with van der Waals surface area (Å²) in [5.74, 6) is -0.906. The molecule has 1 aliphatic heterocycles. The second-order valence-electron chi connectivity index (χ2n) is 7.48. The number of carbonyl (C=O) groups excluding carboxylic acids is 3.